The van der Waals surface area contributed by atoms with Crippen molar-refractivity contribution in [3.05, 3.63) is 59.0 Å². The minimum atomic E-state index is -4.36. The largest absolute Gasteiger partial charge is 0.477 e. The minimum absolute atomic E-state index is 0.0819. The van der Waals surface area contributed by atoms with Crippen molar-refractivity contribution in [2.75, 3.05) is 13.2 Å². The Morgan fingerprint density at radius 3 is 2.52 bits per heavy atom. The lowest BCUT2D eigenvalue weighted by atomic mass is 9.92. The van der Waals surface area contributed by atoms with Crippen molar-refractivity contribution in [1.29, 1.82) is 0 Å². The normalized spacial score (nSPS) is 18.5. The number of amides is 2. The van der Waals surface area contributed by atoms with Gasteiger partial charge in [0.15, 0.2) is 10.8 Å². The quantitative estimate of drug-likeness (QED) is 0.159. The zero-order valence-electron chi connectivity index (χ0n) is 26.3. The number of nitrogens with one attached hydrogen (secondary N) is 1. The first kappa shape index (κ1) is 35.4. The van der Waals surface area contributed by atoms with E-state index in [1.54, 1.807) is 6.07 Å². The van der Waals surface area contributed by atoms with Gasteiger partial charge in [0.05, 0.1) is 17.6 Å². The Morgan fingerprint density at radius 2 is 1.88 bits per heavy atom. The molecule has 4 heterocycles. The Morgan fingerprint density at radius 1 is 1.12 bits per heavy atom. The summed E-state index contributed by atoms with van der Waals surface area (Å²) < 4.78 is 74.1. The molecule has 1 saturated heterocycles. The van der Waals surface area contributed by atoms with E-state index in [1.165, 1.54) is 46.1 Å². The maximum atomic E-state index is 13.1. The van der Waals surface area contributed by atoms with Gasteiger partial charge in [-0.3, -0.25) is 4.79 Å². The molecule has 2 fully saturated rings. The van der Waals surface area contributed by atoms with E-state index in [2.05, 4.69) is 15.1 Å². The van der Waals surface area contributed by atoms with Crippen LogP contribution < -0.4 is 9.46 Å². The second kappa shape index (κ2) is 13.5. The molecule has 2 N–H and O–H groups in total. The minimum Gasteiger partial charge on any atom is -0.477 e. The first-order valence-corrected chi connectivity index (χ1v) is 17.3. The molecule has 1 aliphatic carbocycles. The molecule has 2 amide bonds. The number of carbonyl (C=O) groups excluding carboxylic acids is 1. The summed E-state index contributed by atoms with van der Waals surface area (Å²) in [7, 11) is -4.36. The molecule has 0 radical (unpaired) electrons. The molecular weight excluding hydrogens is 677 g/mol. The van der Waals surface area contributed by atoms with Crippen LogP contribution in [-0.2, 0) is 16.4 Å². The average molecular weight is 713 g/mol. The van der Waals surface area contributed by atoms with E-state index in [0.29, 0.717) is 18.7 Å². The topological polar surface area (TPSA) is 157 Å². The highest BCUT2D eigenvalue weighted by molar-refractivity contribution is 7.90. The Balaban J connectivity index is 1.13. The van der Waals surface area contributed by atoms with Crippen LogP contribution in [0.5, 0.6) is 5.88 Å². The second-order valence-electron chi connectivity index (χ2n) is 12.9. The predicted molar refractivity (Wildman–Crippen MR) is 168 cm³/mol. The van der Waals surface area contributed by atoms with Crippen molar-refractivity contribution >= 4 is 33.6 Å². The molecule has 5 rings (SSSR count). The van der Waals surface area contributed by atoms with Crippen LogP contribution in [0.15, 0.2) is 47.6 Å². The average Bonchev–Trinajstić information content (AvgIpc) is 3.55. The number of ether oxygens (including phenoxy) is 1. The van der Waals surface area contributed by atoms with Crippen LogP contribution in [-0.4, -0.2) is 75.0 Å². The van der Waals surface area contributed by atoms with Crippen molar-refractivity contribution in [1.82, 2.24) is 29.4 Å². The maximum Gasteiger partial charge on any atom is 0.407 e. The number of rotatable bonds is 13. The number of aromatic nitrogens is 4. The lowest BCUT2D eigenvalue weighted by Crippen LogP contribution is -2.41. The Hall–Kier alpha value is -3.92. The highest BCUT2D eigenvalue weighted by atomic mass is 35.5. The monoisotopic (exact) mass is 712 g/mol. The number of sulfonamides is 1. The van der Waals surface area contributed by atoms with Gasteiger partial charge in [-0.25, -0.2) is 24.2 Å². The van der Waals surface area contributed by atoms with Crippen molar-refractivity contribution in [2.45, 2.75) is 82.0 Å². The Bertz CT molecular complexity index is 1780. The van der Waals surface area contributed by atoms with Crippen LogP contribution in [0.4, 0.5) is 18.0 Å². The number of likely N-dealkylation sites (tertiary alicyclic amines) is 1. The Kier molecular flexibility index (Phi) is 9.98. The maximum absolute atomic E-state index is 13.1. The van der Waals surface area contributed by atoms with Gasteiger partial charge in [-0.1, -0.05) is 24.1 Å². The fourth-order valence-electron chi connectivity index (χ4n) is 6.04. The van der Waals surface area contributed by atoms with Gasteiger partial charge in [0.1, 0.15) is 5.15 Å². The van der Waals surface area contributed by atoms with E-state index in [-0.39, 0.29) is 59.2 Å². The molecule has 48 heavy (non-hydrogen) atoms. The summed E-state index contributed by atoms with van der Waals surface area (Å²) in [6, 6.07) is 8.59. The summed E-state index contributed by atoms with van der Waals surface area (Å²) in [6.07, 6.45) is -0.0679. The van der Waals surface area contributed by atoms with E-state index < -0.39 is 39.2 Å². The first-order valence-electron chi connectivity index (χ1n) is 15.5. The van der Waals surface area contributed by atoms with Crippen LogP contribution >= 0.6 is 11.6 Å². The fraction of sp³-hybridized carbons (Fsp3) is 0.516. The van der Waals surface area contributed by atoms with Gasteiger partial charge in [-0.05, 0) is 89.0 Å². The number of hydrogen-bond donors (Lipinski definition) is 2. The highest BCUT2D eigenvalue weighted by Gasteiger charge is 2.62. The standard InChI is InChI=1S/C31H36ClF3N6O6S/c1-29(2)18-20(19-40(29)28(43)44)6-3-4-7-21-8-5-9-25(36-21)48(45,46)39-27(42)22-10-11-23(37-26(22)32)41-16-12-24(38-41)47-17-15-30(13-14-30)31(33,34)35/h5,8-12,16,20H,3-4,6-7,13-15,17-19H2,1-2H3,(H,39,42)(H,43,44). The number of hydrogen-bond acceptors (Lipinski definition) is 8. The number of pyridine rings is 2. The van der Waals surface area contributed by atoms with E-state index in [9.17, 15) is 36.3 Å². The number of aryl methyl sites for hydroxylation is 1. The summed E-state index contributed by atoms with van der Waals surface area (Å²) in [6.45, 7) is 4.17. The Labute approximate surface area is 280 Å². The first-order chi connectivity index (χ1) is 22.5. The van der Waals surface area contributed by atoms with E-state index in [0.717, 1.165) is 25.7 Å². The molecule has 260 valence electrons. The molecule has 0 bridgehead atoms. The van der Waals surface area contributed by atoms with Crippen molar-refractivity contribution in [3.63, 3.8) is 0 Å². The van der Waals surface area contributed by atoms with Gasteiger partial charge in [-0.2, -0.15) is 21.6 Å². The number of alkyl halides is 3. The van der Waals surface area contributed by atoms with Gasteiger partial charge >= 0.3 is 12.3 Å². The van der Waals surface area contributed by atoms with Gasteiger partial charge < -0.3 is 14.7 Å². The molecule has 3 aromatic rings. The third-order valence-electron chi connectivity index (χ3n) is 8.93. The number of carboxylic acid groups (broad SMARTS) is 1. The van der Waals surface area contributed by atoms with Crippen LogP contribution in [0.3, 0.4) is 0 Å². The molecule has 1 aliphatic heterocycles. The lowest BCUT2D eigenvalue weighted by Gasteiger charge is -2.28. The summed E-state index contributed by atoms with van der Waals surface area (Å²) in [5, 5.41) is 12.9. The number of nitrogens with zero attached hydrogens (tertiary/aromatic N) is 5. The number of halogens is 4. The molecule has 1 atom stereocenters. The number of unbranched alkanes of at least 4 members (excludes halogenated alkanes) is 1. The molecular formula is C31H36ClF3N6O6S. The SMILES string of the molecule is CC1(C)CC(CCCCc2cccc(S(=O)(=O)NC(=O)c3ccc(-n4ccc(OCCC5(C(F)(F)F)CC5)n4)nc3Cl)n2)CN1C(=O)O. The fourth-order valence-corrected chi connectivity index (χ4v) is 7.23. The molecule has 0 aromatic carbocycles. The van der Waals surface area contributed by atoms with Crippen molar-refractivity contribution in [2.24, 2.45) is 11.3 Å². The van der Waals surface area contributed by atoms with Crippen LogP contribution in [0.25, 0.3) is 5.82 Å². The molecule has 3 aromatic heterocycles. The summed E-state index contributed by atoms with van der Waals surface area (Å²) in [5.74, 6) is -0.525. The van der Waals surface area contributed by atoms with Crippen LogP contribution in [0.1, 0.15) is 74.8 Å². The predicted octanol–water partition coefficient (Wildman–Crippen LogP) is 6.04. The van der Waals surface area contributed by atoms with Crippen molar-refractivity contribution in [3.8, 4) is 11.7 Å². The zero-order chi connectivity index (χ0) is 34.9. The summed E-state index contributed by atoms with van der Waals surface area (Å²) in [4.78, 5) is 34.2. The summed E-state index contributed by atoms with van der Waals surface area (Å²) in [5.41, 5.74) is -1.78. The highest BCUT2D eigenvalue weighted by Crippen LogP contribution is 2.59. The van der Waals surface area contributed by atoms with Crippen LogP contribution in [0.2, 0.25) is 5.15 Å². The molecule has 2 aliphatic rings. The molecule has 1 unspecified atom stereocenters. The van der Waals surface area contributed by atoms with Gasteiger partial charge in [0.2, 0.25) is 5.88 Å². The second-order valence-corrected chi connectivity index (χ2v) is 14.9. The van der Waals surface area contributed by atoms with E-state index in [1.807, 2.05) is 18.6 Å². The third-order valence-corrected chi connectivity index (χ3v) is 10.5. The van der Waals surface area contributed by atoms with Gasteiger partial charge in [0, 0.05) is 30.0 Å². The van der Waals surface area contributed by atoms with Gasteiger partial charge in [-0.15, -0.1) is 5.10 Å². The molecule has 17 heteroatoms. The molecule has 12 nitrogen and oxygen atoms in total. The lowest BCUT2D eigenvalue weighted by molar-refractivity contribution is -0.190. The zero-order valence-corrected chi connectivity index (χ0v) is 27.9. The van der Waals surface area contributed by atoms with E-state index in [4.69, 9.17) is 16.3 Å². The van der Waals surface area contributed by atoms with E-state index >= 15 is 0 Å². The molecule has 0 spiro atoms. The third kappa shape index (κ3) is 8.02. The smallest absolute Gasteiger partial charge is 0.407 e. The van der Waals surface area contributed by atoms with Crippen LogP contribution in [0, 0.1) is 11.3 Å². The molecule has 1 saturated carbocycles. The van der Waals surface area contributed by atoms with Gasteiger partial charge in [0.25, 0.3) is 15.9 Å². The number of carbonyl (C=O) groups is 2. The summed E-state index contributed by atoms with van der Waals surface area (Å²) >= 11 is 6.23. The van der Waals surface area contributed by atoms with Crippen molar-refractivity contribution < 1.29 is 41.0 Å².